The molecule has 0 aliphatic rings. The van der Waals surface area contributed by atoms with Crippen LogP contribution in [0.1, 0.15) is 32.8 Å². The molecular weight excluding hydrogens is 248 g/mol. The largest absolute Gasteiger partial charge is 0.385 e. The van der Waals surface area contributed by atoms with Crippen LogP contribution in [0.4, 0.5) is 0 Å². The first-order valence-corrected chi connectivity index (χ1v) is 7.27. The number of pyridine rings is 1. The molecule has 0 aliphatic heterocycles. The van der Waals surface area contributed by atoms with E-state index in [4.69, 9.17) is 0 Å². The zero-order chi connectivity index (χ0) is 14.6. The maximum absolute atomic E-state index is 10.8. The third-order valence-electron chi connectivity index (χ3n) is 3.59. The van der Waals surface area contributed by atoms with Gasteiger partial charge in [0.25, 0.3) is 0 Å². The molecule has 1 unspecified atom stereocenters. The summed E-state index contributed by atoms with van der Waals surface area (Å²) in [6.45, 7) is 8.01. The summed E-state index contributed by atoms with van der Waals surface area (Å²) in [5.74, 6) is 0.624. The molecule has 1 aromatic heterocycles. The Balaban J connectivity index is 2.15. The van der Waals surface area contributed by atoms with E-state index < -0.39 is 5.60 Å². The molecule has 3 heteroatoms. The topological polar surface area (TPSA) is 45.1 Å². The molecule has 108 valence electrons. The van der Waals surface area contributed by atoms with Crippen molar-refractivity contribution in [2.75, 3.05) is 13.1 Å². The van der Waals surface area contributed by atoms with Crippen LogP contribution in [0.3, 0.4) is 0 Å². The van der Waals surface area contributed by atoms with Crippen LogP contribution in [-0.2, 0) is 5.60 Å². The van der Waals surface area contributed by atoms with Gasteiger partial charge in [-0.3, -0.25) is 4.98 Å². The quantitative estimate of drug-likeness (QED) is 0.794. The fourth-order valence-electron chi connectivity index (χ4n) is 2.40. The summed E-state index contributed by atoms with van der Waals surface area (Å²) in [5, 5.41) is 16.3. The van der Waals surface area contributed by atoms with Crippen molar-refractivity contribution in [2.45, 2.75) is 32.8 Å². The van der Waals surface area contributed by atoms with E-state index in [1.54, 1.807) is 6.20 Å². The Morgan fingerprint density at radius 3 is 2.75 bits per heavy atom. The lowest BCUT2D eigenvalue weighted by molar-refractivity contribution is 0.0490. The normalized spacial score (nSPS) is 14.7. The molecule has 2 aromatic rings. The van der Waals surface area contributed by atoms with Gasteiger partial charge in [-0.05, 0) is 37.7 Å². The van der Waals surface area contributed by atoms with E-state index in [0.717, 1.165) is 29.4 Å². The first kappa shape index (κ1) is 14.9. The Bertz CT molecular complexity index is 558. The number of rotatable bonds is 6. The lowest BCUT2D eigenvalue weighted by atomic mass is 9.90. The Morgan fingerprint density at radius 1 is 1.25 bits per heavy atom. The summed E-state index contributed by atoms with van der Waals surface area (Å²) in [6.07, 6.45) is 4.30. The standard InChI is InChI=1S/C17H24N2O/c1-13(2)10-18-9-8-17(3,20)16-12-19-11-14-6-4-5-7-15(14)16/h4-7,11-13,18,20H,8-10H2,1-3H3. The molecule has 0 fully saturated rings. The zero-order valence-electron chi connectivity index (χ0n) is 12.6. The van der Waals surface area contributed by atoms with Crippen molar-refractivity contribution < 1.29 is 5.11 Å². The van der Waals surface area contributed by atoms with E-state index in [0.29, 0.717) is 12.3 Å². The van der Waals surface area contributed by atoms with Crippen molar-refractivity contribution in [3.05, 3.63) is 42.2 Å². The highest BCUT2D eigenvalue weighted by molar-refractivity contribution is 5.85. The second-order valence-corrected chi connectivity index (χ2v) is 6.03. The Labute approximate surface area is 121 Å². The number of aromatic nitrogens is 1. The van der Waals surface area contributed by atoms with Crippen molar-refractivity contribution in [3.8, 4) is 0 Å². The van der Waals surface area contributed by atoms with E-state index in [1.165, 1.54) is 0 Å². The maximum Gasteiger partial charge on any atom is 0.0901 e. The first-order valence-electron chi connectivity index (χ1n) is 7.27. The predicted octanol–water partition coefficient (Wildman–Crippen LogP) is 3.08. The first-order chi connectivity index (χ1) is 9.50. The Kier molecular flexibility index (Phi) is 4.73. The van der Waals surface area contributed by atoms with Crippen LogP contribution < -0.4 is 5.32 Å². The average Bonchev–Trinajstić information content (AvgIpc) is 2.43. The van der Waals surface area contributed by atoms with Crippen LogP contribution in [0.5, 0.6) is 0 Å². The number of benzene rings is 1. The maximum atomic E-state index is 10.8. The fraction of sp³-hybridized carbons (Fsp3) is 0.471. The lowest BCUT2D eigenvalue weighted by Gasteiger charge is -2.25. The molecule has 0 saturated heterocycles. The monoisotopic (exact) mass is 272 g/mol. The van der Waals surface area contributed by atoms with Crippen molar-refractivity contribution in [3.63, 3.8) is 0 Å². The molecule has 1 aromatic carbocycles. The Morgan fingerprint density at radius 2 is 2.00 bits per heavy atom. The highest BCUT2D eigenvalue weighted by atomic mass is 16.3. The van der Waals surface area contributed by atoms with Crippen LogP contribution in [-0.4, -0.2) is 23.2 Å². The minimum absolute atomic E-state index is 0.624. The molecule has 2 rings (SSSR count). The number of aliphatic hydroxyl groups is 1. The molecule has 0 amide bonds. The summed E-state index contributed by atoms with van der Waals surface area (Å²) in [7, 11) is 0. The van der Waals surface area contributed by atoms with Gasteiger partial charge in [0.15, 0.2) is 0 Å². The fourth-order valence-corrected chi connectivity index (χ4v) is 2.40. The summed E-state index contributed by atoms with van der Waals surface area (Å²) in [6, 6.07) is 8.06. The van der Waals surface area contributed by atoms with Gasteiger partial charge in [0, 0.05) is 23.3 Å². The molecule has 0 saturated carbocycles. The number of hydrogen-bond donors (Lipinski definition) is 2. The molecule has 3 nitrogen and oxygen atoms in total. The van der Waals surface area contributed by atoms with Gasteiger partial charge in [-0.25, -0.2) is 0 Å². The average molecular weight is 272 g/mol. The van der Waals surface area contributed by atoms with Crippen LogP contribution in [0.2, 0.25) is 0 Å². The summed E-state index contributed by atoms with van der Waals surface area (Å²) in [4.78, 5) is 4.26. The molecule has 0 radical (unpaired) electrons. The van der Waals surface area contributed by atoms with Gasteiger partial charge in [0.2, 0.25) is 0 Å². The third-order valence-corrected chi connectivity index (χ3v) is 3.59. The summed E-state index contributed by atoms with van der Waals surface area (Å²) >= 11 is 0. The number of fused-ring (bicyclic) bond motifs is 1. The van der Waals surface area contributed by atoms with Gasteiger partial charge >= 0.3 is 0 Å². The number of nitrogens with one attached hydrogen (secondary N) is 1. The number of hydrogen-bond acceptors (Lipinski definition) is 3. The van der Waals surface area contributed by atoms with Crippen molar-refractivity contribution in [1.82, 2.24) is 10.3 Å². The lowest BCUT2D eigenvalue weighted by Crippen LogP contribution is -2.29. The van der Waals surface area contributed by atoms with Gasteiger partial charge in [-0.2, -0.15) is 0 Å². The van der Waals surface area contributed by atoms with Crippen LogP contribution in [0.15, 0.2) is 36.7 Å². The van der Waals surface area contributed by atoms with Crippen molar-refractivity contribution in [2.24, 2.45) is 5.92 Å². The molecular formula is C17H24N2O. The van der Waals surface area contributed by atoms with E-state index in [1.807, 2.05) is 37.4 Å². The van der Waals surface area contributed by atoms with Crippen molar-refractivity contribution >= 4 is 10.8 Å². The van der Waals surface area contributed by atoms with Crippen LogP contribution >= 0.6 is 0 Å². The van der Waals surface area contributed by atoms with E-state index in [9.17, 15) is 5.11 Å². The van der Waals surface area contributed by atoms with Gasteiger partial charge in [-0.15, -0.1) is 0 Å². The van der Waals surface area contributed by atoms with E-state index >= 15 is 0 Å². The second kappa shape index (κ2) is 6.33. The van der Waals surface area contributed by atoms with Gasteiger partial charge in [0.1, 0.15) is 0 Å². The molecule has 1 heterocycles. The summed E-state index contributed by atoms with van der Waals surface area (Å²) < 4.78 is 0. The van der Waals surface area contributed by atoms with Gasteiger partial charge in [0.05, 0.1) is 5.60 Å². The Hall–Kier alpha value is -1.45. The van der Waals surface area contributed by atoms with E-state index in [2.05, 4.69) is 24.1 Å². The smallest absolute Gasteiger partial charge is 0.0901 e. The van der Waals surface area contributed by atoms with Crippen LogP contribution in [0, 0.1) is 5.92 Å². The highest BCUT2D eigenvalue weighted by Crippen LogP contribution is 2.29. The molecule has 1 atom stereocenters. The van der Waals surface area contributed by atoms with Gasteiger partial charge < -0.3 is 10.4 Å². The zero-order valence-corrected chi connectivity index (χ0v) is 12.6. The molecule has 0 bridgehead atoms. The molecule has 0 aliphatic carbocycles. The SMILES string of the molecule is CC(C)CNCCC(C)(O)c1cncc2ccccc12. The van der Waals surface area contributed by atoms with Gasteiger partial charge in [-0.1, -0.05) is 38.1 Å². The van der Waals surface area contributed by atoms with Crippen LogP contribution in [0.25, 0.3) is 10.8 Å². The third kappa shape index (κ3) is 3.56. The van der Waals surface area contributed by atoms with Crippen molar-refractivity contribution in [1.29, 1.82) is 0 Å². The summed E-state index contributed by atoms with van der Waals surface area (Å²) in [5.41, 5.74) is 0.0413. The van der Waals surface area contributed by atoms with E-state index in [-0.39, 0.29) is 0 Å². The highest BCUT2D eigenvalue weighted by Gasteiger charge is 2.24. The minimum atomic E-state index is -0.863. The molecule has 20 heavy (non-hydrogen) atoms. The second-order valence-electron chi connectivity index (χ2n) is 6.03. The molecule has 0 spiro atoms. The minimum Gasteiger partial charge on any atom is -0.385 e. The molecule has 2 N–H and O–H groups in total. The predicted molar refractivity (Wildman–Crippen MR) is 83.6 cm³/mol. The number of nitrogens with zero attached hydrogens (tertiary/aromatic N) is 1.